The van der Waals surface area contributed by atoms with E-state index in [4.69, 9.17) is 47.4 Å². The molecule has 0 amide bonds. The number of aliphatic hydroxyl groups is 5. The largest absolute Gasteiger partial charge is 0.396 e. The third-order valence-electron chi connectivity index (χ3n) is 9.39. The Balaban J connectivity index is 1.86. The molecule has 260 valence electrons. The zero-order valence-electron chi connectivity index (χ0n) is 26.6. The van der Waals surface area contributed by atoms with Crippen molar-refractivity contribution in [3.05, 3.63) is 0 Å². The first-order chi connectivity index (χ1) is 21.3. The van der Waals surface area contributed by atoms with Crippen molar-refractivity contribution in [1.29, 1.82) is 0 Å². The quantitative estimate of drug-likeness (QED) is 0.117. The fourth-order valence-corrected chi connectivity index (χ4v) is 7.04. The molecular formula is C29H54O15. The lowest BCUT2D eigenvalue weighted by Crippen LogP contribution is -2.63. The van der Waals surface area contributed by atoms with Crippen LogP contribution in [0.4, 0.5) is 0 Å². The molecule has 7 unspecified atom stereocenters. The first kappa shape index (κ1) is 37.9. The zero-order valence-corrected chi connectivity index (χ0v) is 26.6. The number of methoxy groups -OCH3 is 5. The van der Waals surface area contributed by atoms with E-state index >= 15 is 0 Å². The van der Waals surface area contributed by atoms with Crippen LogP contribution in [-0.4, -0.2) is 175 Å². The van der Waals surface area contributed by atoms with Gasteiger partial charge in [-0.25, -0.2) is 0 Å². The van der Waals surface area contributed by atoms with Gasteiger partial charge in [0.2, 0.25) is 0 Å². The van der Waals surface area contributed by atoms with E-state index in [1.807, 2.05) is 6.92 Å². The molecule has 0 radical (unpaired) electrons. The minimum absolute atomic E-state index is 0.0835. The monoisotopic (exact) mass is 642 g/mol. The highest BCUT2D eigenvalue weighted by Crippen LogP contribution is 2.38. The minimum Gasteiger partial charge on any atom is -0.396 e. The highest BCUT2D eigenvalue weighted by atomic mass is 16.7. The fourth-order valence-electron chi connectivity index (χ4n) is 7.04. The first-order valence-corrected chi connectivity index (χ1v) is 15.2. The second kappa shape index (κ2) is 18.7. The summed E-state index contributed by atoms with van der Waals surface area (Å²) in [6.45, 7) is 0.776. The standard InChI is InChI=1S/C29H54O15/c1-15-16(7-30)18(9-32)25(22(41-15)13-36-3)44-29-27(39-6)20(11-34)24(37-4)23(43-29)14-40-28-26(38-5)19(10-33)17(8-31)21(42-28)12-35-2/h15-34H,7-14H2,1-6H3/t15-,16?,17+,18+,19-,20-,21?,22?,23?,24-,25-,26?,27?,28?,29-/m0/s1. The van der Waals surface area contributed by atoms with Gasteiger partial charge in [-0.05, 0) is 6.92 Å². The maximum Gasteiger partial charge on any atom is 0.185 e. The number of hydrogen-bond donors (Lipinski definition) is 5. The van der Waals surface area contributed by atoms with Crippen LogP contribution in [0, 0.1) is 29.6 Å². The SMILES string of the molecule is COCC1O[C@@H](C)C(CO)[C@@H](CO)[C@@H]1O[C@@H]1OC(COC2OC(COC)[C@H](CO)[C@H](CO)C2OC)[C@@H](OC)[C@H](CO)C1OC. The van der Waals surface area contributed by atoms with E-state index in [-0.39, 0.29) is 59.0 Å². The predicted octanol–water partition coefficient (Wildman–Crippen LogP) is -1.99. The third kappa shape index (κ3) is 8.27. The number of rotatable bonds is 17. The highest BCUT2D eigenvalue weighted by molar-refractivity contribution is 4.96. The number of ether oxygens (including phenoxy) is 10. The Morgan fingerprint density at radius 3 is 1.48 bits per heavy atom. The van der Waals surface area contributed by atoms with Gasteiger partial charge in [0.1, 0.15) is 24.4 Å². The van der Waals surface area contributed by atoms with Crippen molar-refractivity contribution in [2.45, 2.75) is 68.3 Å². The van der Waals surface area contributed by atoms with Crippen molar-refractivity contribution in [2.75, 3.05) is 88.4 Å². The van der Waals surface area contributed by atoms with E-state index in [9.17, 15) is 25.5 Å². The summed E-state index contributed by atoms with van der Waals surface area (Å²) < 4.78 is 59.3. The van der Waals surface area contributed by atoms with Crippen molar-refractivity contribution in [1.82, 2.24) is 0 Å². The van der Waals surface area contributed by atoms with Crippen LogP contribution in [0.5, 0.6) is 0 Å². The molecule has 0 aromatic carbocycles. The van der Waals surface area contributed by atoms with E-state index in [0.717, 1.165) is 0 Å². The third-order valence-corrected chi connectivity index (χ3v) is 9.39. The molecule has 3 aliphatic rings. The van der Waals surface area contributed by atoms with Crippen molar-refractivity contribution in [3.63, 3.8) is 0 Å². The molecule has 0 saturated carbocycles. The summed E-state index contributed by atoms with van der Waals surface area (Å²) in [7, 11) is 7.50. The highest BCUT2D eigenvalue weighted by Gasteiger charge is 2.52. The van der Waals surface area contributed by atoms with Gasteiger partial charge in [-0.1, -0.05) is 0 Å². The van der Waals surface area contributed by atoms with Crippen molar-refractivity contribution >= 4 is 0 Å². The lowest BCUT2D eigenvalue weighted by atomic mass is 9.80. The van der Waals surface area contributed by atoms with E-state index in [1.54, 1.807) is 0 Å². The molecule has 0 aliphatic carbocycles. The molecular weight excluding hydrogens is 588 g/mol. The van der Waals surface area contributed by atoms with E-state index in [2.05, 4.69) is 0 Å². The summed E-state index contributed by atoms with van der Waals surface area (Å²) in [6, 6.07) is 0. The molecule has 0 aromatic heterocycles. The first-order valence-electron chi connectivity index (χ1n) is 15.2. The fraction of sp³-hybridized carbons (Fsp3) is 1.00. The zero-order chi connectivity index (χ0) is 32.4. The average molecular weight is 643 g/mol. The van der Waals surface area contributed by atoms with Gasteiger partial charge >= 0.3 is 0 Å². The van der Waals surface area contributed by atoms with Crippen LogP contribution in [0.2, 0.25) is 0 Å². The minimum atomic E-state index is -1.05. The summed E-state index contributed by atoms with van der Waals surface area (Å²) in [5, 5.41) is 51.1. The van der Waals surface area contributed by atoms with Gasteiger partial charge in [0, 0.05) is 91.6 Å². The van der Waals surface area contributed by atoms with E-state index < -0.39 is 84.9 Å². The predicted molar refractivity (Wildman–Crippen MR) is 152 cm³/mol. The van der Waals surface area contributed by atoms with Gasteiger partial charge in [-0.2, -0.15) is 0 Å². The maximum atomic E-state index is 10.5. The Morgan fingerprint density at radius 2 is 0.955 bits per heavy atom. The van der Waals surface area contributed by atoms with E-state index in [0.29, 0.717) is 0 Å². The van der Waals surface area contributed by atoms with Crippen LogP contribution in [0.1, 0.15) is 6.92 Å². The van der Waals surface area contributed by atoms with Crippen molar-refractivity contribution in [2.24, 2.45) is 29.6 Å². The van der Waals surface area contributed by atoms with Gasteiger partial charge in [0.25, 0.3) is 0 Å². The second-order valence-electron chi connectivity index (χ2n) is 11.6. The summed E-state index contributed by atoms with van der Waals surface area (Å²) in [5.74, 6) is -2.44. The van der Waals surface area contributed by atoms with Crippen LogP contribution in [0.3, 0.4) is 0 Å². The topological polar surface area (TPSA) is 193 Å². The summed E-state index contributed by atoms with van der Waals surface area (Å²) in [4.78, 5) is 0. The molecule has 3 rings (SSSR count). The molecule has 3 heterocycles. The Labute approximate surface area is 259 Å². The molecule has 0 bridgehead atoms. The van der Waals surface area contributed by atoms with Gasteiger partial charge in [-0.3, -0.25) is 0 Å². The molecule has 15 atom stereocenters. The maximum absolute atomic E-state index is 10.5. The smallest absolute Gasteiger partial charge is 0.185 e. The van der Waals surface area contributed by atoms with Gasteiger partial charge in [-0.15, -0.1) is 0 Å². The van der Waals surface area contributed by atoms with Crippen LogP contribution in [0.15, 0.2) is 0 Å². The molecule has 3 saturated heterocycles. The Kier molecular flexibility index (Phi) is 16.1. The summed E-state index contributed by atoms with van der Waals surface area (Å²) in [6.07, 6.45) is -7.20. The van der Waals surface area contributed by atoms with Crippen LogP contribution >= 0.6 is 0 Å². The molecule has 0 spiro atoms. The van der Waals surface area contributed by atoms with Gasteiger partial charge in [0.15, 0.2) is 12.6 Å². The molecule has 0 aromatic rings. The van der Waals surface area contributed by atoms with Crippen molar-refractivity contribution < 1.29 is 72.9 Å². The average Bonchev–Trinajstić information content (AvgIpc) is 3.03. The van der Waals surface area contributed by atoms with Crippen LogP contribution < -0.4 is 0 Å². The summed E-state index contributed by atoms with van der Waals surface area (Å²) in [5.41, 5.74) is 0. The molecule has 15 nitrogen and oxygen atoms in total. The lowest BCUT2D eigenvalue weighted by molar-refractivity contribution is -0.348. The lowest BCUT2D eigenvalue weighted by Gasteiger charge is -2.50. The normalized spacial score (nSPS) is 43.3. The molecule has 44 heavy (non-hydrogen) atoms. The Hall–Kier alpha value is -0.600. The summed E-state index contributed by atoms with van der Waals surface area (Å²) >= 11 is 0. The Morgan fingerprint density at radius 1 is 0.477 bits per heavy atom. The van der Waals surface area contributed by atoms with Gasteiger partial charge in [0.05, 0.1) is 50.8 Å². The molecule has 3 fully saturated rings. The second-order valence-corrected chi connectivity index (χ2v) is 11.6. The molecule has 15 heteroatoms. The Bertz CT molecular complexity index is 794. The van der Waals surface area contributed by atoms with Gasteiger partial charge < -0.3 is 72.9 Å². The molecule has 3 aliphatic heterocycles. The number of hydrogen-bond acceptors (Lipinski definition) is 15. The van der Waals surface area contributed by atoms with Crippen LogP contribution in [-0.2, 0) is 47.4 Å². The van der Waals surface area contributed by atoms with Crippen molar-refractivity contribution in [3.8, 4) is 0 Å². The van der Waals surface area contributed by atoms with Crippen LogP contribution in [0.25, 0.3) is 0 Å². The van der Waals surface area contributed by atoms with E-state index in [1.165, 1.54) is 35.5 Å². The number of aliphatic hydroxyl groups excluding tert-OH is 5. The molecule has 5 N–H and O–H groups in total.